The van der Waals surface area contributed by atoms with Crippen molar-refractivity contribution in [2.75, 3.05) is 19.9 Å². The fraction of sp³-hybridized carbons (Fsp3) is 0.571. The van der Waals surface area contributed by atoms with E-state index in [1.165, 1.54) is 6.07 Å². The lowest BCUT2D eigenvalue weighted by atomic mass is 10.1. The molecule has 0 bridgehead atoms. The van der Waals surface area contributed by atoms with Gasteiger partial charge in [0.2, 0.25) is 0 Å². The standard InChI is InChI=1S/C14H22FNOS/c1-5-10(2)18-9-14(16-3)12-7-6-11(17-4)8-13(12)15/h6-8,10,14,16H,5,9H2,1-4H3. The summed E-state index contributed by atoms with van der Waals surface area (Å²) in [6.45, 7) is 4.36. The Bertz CT molecular complexity index is 373. The fourth-order valence-corrected chi connectivity index (χ4v) is 2.73. The summed E-state index contributed by atoms with van der Waals surface area (Å²) in [7, 11) is 3.41. The lowest BCUT2D eigenvalue weighted by Gasteiger charge is -2.19. The van der Waals surface area contributed by atoms with Crippen molar-refractivity contribution in [1.29, 1.82) is 0 Å². The number of nitrogens with one attached hydrogen (secondary N) is 1. The third-order valence-electron chi connectivity index (χ3n) is 3.05. The number of halogens is 1. The van der Waals surface area contributed by atoms with Crippen LogP contribution >= 0.6 is 11.8 Å². The minimum atomic E-state index is -0.210. The number of thioether (sulfide) groups is 1. The highest BCUT2D eigenvalue weighted by molar-refractivity contribution is 7.99. The Labute approximate surface area is 113 Å². The van der Waals surface area contributed by atoms with E-state index in [1.807, 2.05) is 18.8 Å². The minimum absolute atomic E-state index is 0.0370. The smallest absolute Gasteiger partial charge is 0.131 e. The highest BCUT2D eigenvalue weighted by Crippen LogP contribution is 2.26. The molecule has 0 radical (unpaired) electrons. The number of ether oxygens (including phenoxy) is 1. The Hall–Kier alpha value is -0.740. The molecule has 1 N–H and O–H groups in total. The number of benzene rings is 1. The van der Waals surface area contributed by atoms with Crippen LogP contribution in [0.5, 0.6) is 5.75 Å². The molecule has 4 heteroatoms. The molecule has 0 aromatic heterocycles. The van der Waals surface area contributed by atoms with E-state index in [0.717, 1.165) is 12.2 Å². The van der Waals surface area contributed by atoms with Crippen molar-refractivity contribution in [2.45, 2.75) is 31.6 Å². The summed E-state index contributed by atoms with van der Waals surface area (Å²) in [4.78, 5) is 0. The van der Waals surface area contributed by atoms with E-state index in [2.05, 4.69) is 19.2 Å². The molecule has 1 aromatic carbocycles. The van der Waals surface area contributed by atoms with Gasteiger partial charge in [-0.1, -0.05) is 19.9 Å². The van der Waals surface area contributed by atoms with Crippen molar-refractivity contribution in [3.8, 4) is 5.75 Å². The molecule has 0 fully saturated rings. The highest BCUT2D eigenvalue weighted by atomic mass is 32.2. The maximum absolute atomic E-state index is 14.0. The zero-order valence-electron chi connectivity index (χ0n) is 11.5. The summed E-state index contributed by atoms with van der Waals surface area (Å²) in [6.07, 6.45) is 1.13. The van der Waals surface area contributed by atoms with E-state index >= 15 is 0 Å². The van der Waals surface area contributed by atoms with Gasteiger partial charge in [0, 0.05) is 28.7 Å². The Kier molecular flexibility index (Phi) is 6.50. The predicted octanol–water partition coefficient (Wildman–Crippen LogP) is 3.63. The summed E-state index contributed by atoms with van der Waals surface area (Å²) in [6, 6.07) is 5.08. The fourth-order valence-electron chi connectivity index (χ4n) is 1.62. The van der Waals surface area contributed by atoms with Crippen LogP contribution < -0.4 is 10.1 Å². The molecule has 0 heterocycles. The van der Waals surface area contributed by atoms with Crippen molar-refractivity contribution in [3.63, 3.8) is 0 Å². The van der Waals surface area contributed by atoms with E-state index in [1.54, 1.807) is 19.2 Å². The quantitative estimate of drug-likeness (QED) is 0.818. The van der Waals surface area contributed by atoms with E-state index in [9.17, 15) is 4.39 Å². The summed E-state index contributed by atoms with van der Waals surface area (Å²) in [5.74, 6) is 1.22. The summed E-state index contributed by atoms with van der Waals surface area (Å²) < 4.78 is 19.0. The molecule has 2 nitrogen and oxygen atoms in total. The normalized spacial score (nSPS) is 14.3. The second-order valence-corrected chi connectivity index (χ2v) is 5.75. The molecule has 1 rings (SSSR count). The van der Waals surface area contributed by atoms with Crippen LogP contribution in [0.1, 0.15) is 31.9 Å². The maximum Gasteiger partial charge on any atom is 0.131 e. The zero-order valence-corrected chi connectivity index (χ0v) is 12.3. The van der Waals surface area contributed by atoms with E-state index in [4.69, 9.17) is 4.74 Å². The SMILES string of the molecule is CCC(C)SCC(NC)c1ccc(OC)cc1F. The highest BCUT2D eigenvalue weighted by Gasteiger charge is 2.15. The second kappa shape index (κ2) is 7.64. The summed E-state index contributed by atoms with van der Waals surface area (Å²) >= 11 is 1.86. The lowest BCUT2D eigenvalue weighted by molar-refractivity contribution is 0.410. The Balaban J connectivity index is 2.75. The number of methoxy groups -OCH3 is 1. The molecular weight excluding hydrogens is 249 g/mol. The molecule has 2 atom stereocenters. The first-order valence-corrected chi connectivity index (χ1v) is 7.29. The summed E-state index contributed by atoms with van der Waals surface area (Å²) in [5.41, 5.74) is 0.703. The van der Waals surface area contributed by atoms with Crippen LogP contribution in [0.15, 0.2) is 18.2 Å². The number of hydrogen-bond acceptors (Lipinski definition) is 3. The minimum Gasteiger partial charge on any atom is -0.497 e. The Morgan fingerprint density at radius 3 is 2.67 bits per heavy atom. The number of hydrogen-bond donors (Lipinski definition) is 1. The van der Waals surface area contributed by atoms with Crippen LogP contribution in [-0.4, -0.2) is 25.2 Å². The predicted molar refractivity (Wildman–Crippen MR) is 77.0 cm³/mol. The Morgan fingerprint density at radius 2 is 2.17 bits per heavy atom. The van der Waals surface area contributed by atoms with Gasteiger partial charge < -0.3 is 10.1 Å². The van der Waals surface area contributed by atoms with Crippen LogP contribution in [0.25, 0.3) is 0 Å². The molecule has 0 saturated carbocycles. The van der Waals surface area contributed by atoms with Gasteiger partial charge in [-0.2, -0.15) is 11.8 Å². The first-order valence-electron chi connectivity index (χ1n) is 6.24. The number of rotatable bonds is 7. The van der Waals surface area contributed by atoms with Crippen molar-refractivity contribution < 1.29 is 9.13 Å². The molecule has 0 aliphatic carbocycles. The van der Waals surface area contributed by atoms with Crippen molar-refractivity contribution >= 4 is 11.8 Å². The van der Waals surface area contributed by atoms with Gasteiger partial charge in [-0.15, -0.1) is 0 Å². The Morgan fingerprint density at radius 1 is 1.44 bits per heavy atom. The van der Waals surface area contributed by atoms with Gasteiger partial charge in [0.25, 0.3) is 0 Å². The van der Waals surface area contributed by atoms with E-state index < -0.39 is 0 Å². The van der Waals surface area contributed by atoms with E-state index in [0.29, 0.717) is 16.6 Å². The topological polar surface area (TPSA) is 21.3 Å². The van der Waals surface area contributed by atoms with Gasteiger partial charge in [0.1, 0.15) is 11.6 Å². The van der Waals surface area contributed by atoms with Crippen LogP contribution in [0, 0.1) is 5.82 Å². The van der Waals surface area contributed by atoms with Crippen molar-refractivity contribution in [1.82, 2.24) is 5.32 Å². The van der Waals surface area contributed by atoms with Gasteiger partial charge in [-0.3, -0.25) is 0 Å². The molecule has 102 valence electrons. The monoisotopic (exact) mass is 271 g/mol. The molecule has 0 aliphatic rings. The molecule has 1 aromatic rings. The van der Waals surface area contributed by atoms with Gasteiger partial charge in [0.15, 0.2) is 0 Å². The van der Waals surface area contributed by atoms with Gasteiger partial charge >= 0.3 is 0 Å². The molecule has 2 unspecified atom stereocenters. The molecule has 0 amide bonds. The molecule has 0 spiro atoms. The van der Waals surface area contributed by atoms with Crippen LogP contribution in [0.2, 0.25) is 0 Å². The first-order chi connectivity index (χ1) is 8.62. The molecule has 0 aliphatic heterocycles. The average Bonchev–Trinajstić information content (AvgIpc) is 2.40. The second-order valence-electron chi connectivity index (χ2n) is 4.28. The molecule has 0 saturated heterocycles. The largest absolute Gasteiger partial charge is 0.497 e. The van der Waals surface area contributed by atoms with Crippen LogP contribution in [0.3, 0.4) is 0 Å². The maximum atomic E-state index is 14.0. The average molecular weight is 271 g/mol. The van der Waals surface area contributed by atoms with Gasteiger partial charge in [-0.25, -0.2) is 4.39 Å². The van der Waals surface area contributed by atoms with Gasteiger partial charge in [-0.05, 0) is 19.5 Å². The van der Waals surface area contributed by atoms with Crippen molar-refractivity contribution in [3.05, 3.63) is 29.6 Å². The van der Waals surface area contributed by atoms with Crippen molar-refractivity contribution in [2.24, 2.45) is 0 Å². The van der Waals surface area contributed by atoms with E-state index in [-0.39, 0.29) is 11.9 Å². The zero-order chi connectivity index (χ0) is 13.5. The van der Waals surface area contributed by atoms with Crippen LogP contribution in [-0.2, 0) is 0 Å². The first kappa shape index (κ1) is 15.3. The van der Waals surface area contributed by atoms with Crippen LogP contribution in [0.4, 0.5) is 4.39 Å². The third-order valence-corrected chi connectivity index (χ3v) is 4.48. The molecule has 18 heavy (non-hydrogen) atoms. The lowest BCUT2D eigenvalue weighted by Crippen LogP contribution is -2.21. The summed E-state index contributed by atoms with van der Waals surface area (Å²) in [5, 5.41) is 3.77. The van der Waals surface area contributed by atoms with Gasteiger partial charge in [0.05, 0.1) is 7.11 Å². The third kappa shape index (κ3) is 4.18. The molecular formula is C14H22FNOS.